The van der Waals surface area contributed by atoms with Gasteiger partial charge in [-0.05, 0) is 47.0 Å². The van der Waals surface area contributed by atoms with Crippen LogP contribution < -0.4 is 5.32 Å². The number of nitrogens with zero attached hydrogens (tertiary/aromatic N) is 2. The molecule has 0 saturated heterocycles. The van der Waals surface area contributed by atoms with Gasteiger partial charge in [-0.25, -0.2) is 13.8 Å². The van der Waals surface area contributed by atoms with Crippen LogP contribution in [0.15, 0.2) is 90.3 Å². The first-order chi connectivity index (χ1) is 17.5. The molecule has 1 heterocycles. The first-order valence-electron chi connectivity index (χ1n) is 11.2. The van der Waals surface area contributed by atoms with Gasteiger partial charge in [0.15, 0.2) is 0 Å². The molecule has 36 heavy (non-hydrogen) atoms. The SMILES string of the molecule is O=C(NCc1ccc(F)cc1)c1csc(CN(Cc2ccc(F)cc2)C(=O)/C=C/c2ccccc2)n1. The van der Waals surface area contributed by atoms with Gasteiger partial charge in [0.2, 0.25) is 5.91 Å². The van der Waals surface area contributed by atoms with Gasteiger partial charge in [-0.3, -0.25) is 9.59 Å². The largest absolute Gasteiger partial charge is 0.347 e. The lowest BCUT2D eigenvalue weighted by molar-refractivity contribution is -0.127. The molecular weight excluding hydrogens is 480 g/mol. The van der Waals surface area contributed by atoms with E-state index in [1.165, 1.54) is 41.7 Å². The average molecular weight is 504 g/mol. The highest BCUT2D eigenvalue weighted by Crippen LogP contribution is 2.17. The molecule has 0 atom stereocenters. The van der Waals surface area contributed by atoms with Crippen molar-refractivity contribution in [3.8, 4) is 0 Å². The zero-order valence-corrected chi connectivity index (χ0v) is 20.1. The number of benzene rings is 3. The summed E-state index contributed by atoms with van der Waals surface area (Å²) in [4.78, 5) is 31.6. The fourth-order valence-corrected chi connectivity index (χ4v) is 4.17. The summed E-state index contributed by atoms with van der Waals surface area (Å²) in [6.07, 6.45) is 3.22. The van der Waals surface area contributed by atoms with E-state index in [-0.39, 0.29) is 48.8 Å². The summed E-state index contributed by atoms with van der Waals surface area (Å²) < 4.78 is 26.4. The molecule has 0 radical (unpaired) electrons. The van der Waals surface area contributed by atoms with E-state index in [0.29, 0.717) is 5.01 Å². The van der Waals surface area contributed by atoms with E-state index in [2.05, 4.69) is 10.3 Å². The molecule has 2 amide bonds. The Labute approximate surface area is 211 Å². The quantitative estimate of drug-likeness (QED) is 0.303. The fraction of sp³-hybridized carbons (Fsp3) is 0.107. The van der Waals surface area contributed by atoms with Crippen LogP contribution in [0.2, 0.25) is 0 Å². The van der Waals surface area contributed by atoms with Crippen LogP contribution in [0.3, 0.4) is 0 Å². The maximum Gasteiger partial charge on any atom is 0.271 e. The van der Waals surface area contributed by atoms with E-state index in [1.807, 2.05) is 30.3 Å². The molecule has 0 spiro atoms. The second-order valence-electron chi connectivity index (χ2n) is 8.00. The number of carbonyl (C=O) groups excluding carboxylic acids is 2. The third-order valence-electron chi connectivity index (χ3n) is 5.29. The third kappa shape index (κ3) is 7.16. The van der Waals surface area contributed by atoms with E-state index in [1.54, 1.807) is 40.6 Å². The third-order valence-corrected chi connectivity index (χ3v) is 6.13. The second kappa shape index (κ2) is 12.0. The molecule has 1 aromatic heterocycles. The number of amides is 2. The molecule has 3 aromatic carbocycles. The summed E-state index contributed by atoms with van der Waals surface area (Å²) in [6, 6.07) is 21.3. The van der Waals surface area contributed by atoms with Gasteiger partial charge in [0.05, 0.1) is 6.54 Å². The van der Waals surface area contributed by atoms with Gasteiger partial charge < -0.3 is 10.2 Å². The van der Waals surface area contributed by atoms with Gasteiger partial charge in [-0.2, -0.15) is 0 Å². The molecule has 4 aromatic rings. The predicted molar refractivity (Wildman–Crippen MR) is 136 cm³/mol. The number of nitrogens with one attached hydrogen (secondary N) is 1. The van der Waals surface area contributed by atoms with E-state index in [4.69, 9.17) is 0 Å². The van der Waals surface area contributed by atoms with Crippen LogP contribution in [0.1, 0.15) is 32.2 Å². The molecule has 0 saturated carbocycles. The standard InChI is InChI=1S/C28H23F2N3O2S/c29-23-11-6-21(7-12-23)16-31-28(35)25-19-36-26(32-25)18-33(17-22-8-13-24(30)14-9-22)27(34)15-10-20-4-2-1-3-5-20/h1-15,19H,16-18H2,(H,31,35)/b15-10+. The van der Waals surface area contributed by atoms with Gasteiger partial charge in [0.1, 0.15) is 22.3 Å². The zero-order chi connectivity index (χ0) is 25.3. The van der Waals surface area contributed by atoms with E-state index in [9.17, 15) is 18.4 Å². The number of aromatic nitrogens is 1. The Hall–Kier alpha value is -4.17. The van der Waals surface area contributed by atoms with Gasteiger partial charge in [0.25, 0.3) is 5.91 Å². The van der Waals surface area contributed by atoms with Crippen LogP contribution in [0, 0.1) is 11.6 Å². The van der Waals surface area contributed by atoms with Crippen LogP contribution in [0.25, 0.3) is 6.08 Å². The smallest absolute Gasteiger partial charge is 0.271 e. The molecule has 0 aliphatic carbocycles. The highest BCUT2D eigenvalue weighted by Gasteiger charge is 2.17. The van der Waals surface area contributed by atoms with Crippen LogP contribution in [0.5, 0.6) is 0 Å². The Morgan fingerprint density at radius 3 is 2.17 bits per heavy atom. The van der Waals surface area contributed by atoms with E-state index >= 15 is 0 Å². The minimum atomic E-state index is -0.359. The maximum absolute atomic E-state index is 13.4. The monoisotopic (exact) mass is 503 g/mol. The Bertz CT molecular complexity index is 1340. The highest BCUT2D eigenvalue weighted by molar-refractivity contribution is 7.09. The lowest BCUT2D eigenvalue weighted by Crippen LogP contribution is -2.28. The molecule has 1 N–H and O–H groups in total. The number of carbonyl (C=O) groups is 2. The Kier molecular flexibility index (Phi) is 8.31. The number of hydrogen-bond acceptors (Lipinski definition) is 4. The summed E-state index contributed by atoms with van der Waals surface area (Å²) in [5, 5.41) is 4.99. The minimum Gasteiger partial charge on any atom is -0.347 e. The molecule has 0 unspecified atom stereocenters. The Morgan fingerprint density at radius 1 is 0.861 bits per heavy atom. The van der Waals surface area contributed by atoms with Crippen molar-refractivity contribution in [2.75, 3.05) is 0 Å². The number of hydrogen-bond donors (Lipinski definition) is 1. The van der Waals surface area contributed by atoms with Crippen molar-refractivity contribution in [3.63, 3.8) is 0 Å². The van der Waals surface area contributed by atoms with Gasteiger partial charge in [-0.15, -0.1) is 11.3 Å². The van der Waals surface area contributed by atoms with Crippen LogP contribution in [-0.4, -0.2) is 21.7 Å². The van der Waals surface area contributed by atoms with Crippen molar-refractivity contribution in [1.29, 1.82) is 0 Å². The summed E-state index contributed by atoms with van der Waals surface area (Å²) in [6.45, 7) is 0.681. The summed E-state index contributed by atoms with van der Waals surface area (Å²) in [5.74, 6) is -1.28. The first-order valence-corrected chi connectivity index (χ1v) is 12.1. The van der Waals surface area contributed by atoms with Crippen molar-refractivity contribution in [1.82, 2.24) is 15.2 Å². The minimum absolute atomic E-state index is 0.186. The Morgan fingerprint density at radius 2 is 1.50 bits per heavy atom. The zero-order valence-electron chi connectivity index (χ0n) is 19.2. The van der Waals surface area contributed by atoms with Gasteiger partial charge in [-0.1, -0.05) is 54.6 Å². The summed E-state index contributed by atoms with van der Waals surface area (Å²) >= 11 is 1.28. The maximum atomic E-state index is 13.4. The van der Waals surface area contributed by atoms with E-state index < -0.39 is 0 Å². The van der Waals surface area contributed by atoms with E-state index in [0.717, 1.165) is 16.7 Å². The molecular formula is C28H23F2N3O2S. The van der Waals surface area contributed by atoms with Crippen molar-refractivity contribution in [2.24, 2.45) is 0 Å². The van der Waals surface area contributed by atoms with Crippen LogP contribution in [0.4, 0.5) is 8.78 Å². The normalized spacial score (nSPS) is 10.9. The van der Waals surface area contributed by atoms with Crippen molar-refractivity contribution in [2.45, 2.75) is 19.6 Å². The molecule has 8 heteroatoms. The fourth-order valence-electron chi connectivity index (χ4n) is 3.39. The van der Waals surface area contributed by atoms with Gasteiger partial charge in [0, 0.05) is 24.5 Å². The Balaban J connectivity index is 1.44. The molecule has 182 valence electrons. The number of thiazole rings is 1. The first kappa shape index (κ1) is 24.9. The lowest BCUT2D eigenvalue weighted by atomic mass is 10.2. The van der Waals surface area contributed by atoms with Crippen molar-refractivity contribution >= 4 is 29.2 Å². The second-order valence-corrected chi connectivity index (χ2v) is 8.94. The van der Waals surface area contributed by atoms with Crippen molar-refractivity contribution in [3.05, 3.63) is 129 Å². The van der Waals surface area contributed by atoms with Crippen LogP contribution in [-0.2, 0) is 24.4 Å². The van der Waals surface area contributed by atoms with Gasteiger partial charge >= 0.3 is 0 Å². The summed E-state index contributed by atoms with van der Waals surface area (Å²) in [5.41, 5.74) is 2.67. The summed E-state index contributed by atoms with van der Waals surface area (Å²) in [7, 11) is 0. The molecule has 4 rings (SSSR count). The predicted octanol–water partition coefficient (Wildman–Crippen LogP) is 5.59. The van der Waals surface area contributed by atoms with Crippen LogP contribution >= 0.6 is 11.3 Å². The number of rotatable bonds is 9. The molecule has 5 nitrogen and oxygen atoms in total. The molecule has 0 bridgehead atoms. The molecule has 0 aliphatic rings. The topological polar surface area (TPSA) is 62.3 Å². The lowest BCUT2D eigenvalue weighted by Gasteiger charge is -2.20. The number of halogens is 2. The molecule has 0 fully saturated rings. The van der Waals surface area contributed by atoms with Crippen molar-refractivity contribution < 1.29 is 18.4 Å². The molecule has 0 aliphatic heterocycles. The average Bonchev–Trinajstić information content (AvgIpc) is 3.37. The highest BCUT2D eigenvalue weighted by atomic mass is 32.1.